The van der Waals surface area contributed by atoms with Gasteiger partial charge < -0.3 is 4.55 Å². The van der Waals surface area contributed by atoms with Crippen LogP contribution in [0.2, 0.25) is 0 Å². The largest absolute Gasteiger partial charge is 0.768 e. The minimum atomic E-state index is -2.22. The zero-order valence-electron chi connectivity index (χ0n) is 7.82. The minimum Gasteiger partial charge on any atom is -0.768 e. The summed E-state index contributed by atoms with van der Waals surface area (Å²) in [5.74, 6) is 0. The fourth-order valence-electron chi connectivity index (χ4n) is 1.10. The first kappa shape index (κ1) is 10.8. The molecular formula is C10H10NO2S-. The van der Waals surface area contributed by atoms with E-state index in [9.17, 15) is 8.76 Å². The van der Waals surface area contributed by atoms with Crippen LogP contribution in [0.1, 0.15) is 11.1 Å². The lowest BCUT2D eigenvalue weighted by molar-refractivity contribution is 0.537. The number of rotatable bonds is 3. The van der Waals surface area contributed by atoms with Gasteiger partial charge in [0, 0.05) is 10.5 Å². The molecule has 0 saturated heterocycles. The topological polar surface area (TPSA) is 52.5 Å². The fraction of sp³-hybridized carbons (Fsp3) is 0.100. The Hall–Kier alpha value is -1.26. The van der Waals surface area contributed by atoms with Crippen molar-refractivity contribution in [1.29, 1.82) is 0 Å². The molecule has 1 aromatic carbocycles. The highest BCUT2D eigenvalue weighted by Crippen LogP contribution is 2.20. The Morgan fingerprint density at radius 2 is 2.21 bits per heavy atom. The van der Waals surface area contributed by atoms with Gasteiger partial charge in [0.25, 0.3) is 0 Å². The van der Waals surface area contributed by atoms with E-state index in [2.05, 4.69) is 18.3 Å². The van der Waals surface area contributed by atoms with Crippen LogP contribution in [-0.4, -0.2) is 15.5 Å². The molecule has 0 bridgehead atoms. The Balaban J connectivity index is 3.28. The average molecular weight is 208 g/mol. The van der Waals surface area contributed by atoms with Crippen molar-refractivity contribution < 1.29 is 8.76 Å². The molecule has 0 aliphatic heterocycles. The molecular weight excluding hydrogens is 198 g/mol. The lowest BCUT2D eigenvalue weighted by Crippen LogP contribution is -1.93. The Morgan fingerprint density at radius 1 is 1.57 bits per heavy atom. The van der Waals surface area contributed by atoms with Gasteiger partial charge in [0.1, 0.15) is 0 Å². The molecule has 0 spiro atoms. The molecule has 74 valence electrons. The van der Waals surface area contributed by atoms with E-state index in [1.54, 1.807) is 6.07 Å². The first-order chi connectivity index (χ1) is 6.56. The predicted molar refractivity (Wildman–Crippen MR) is 56.9 cm³/mol. The van der Waals surface area contributed by atoms with Crippen LogP contribution >= 0.6 is 0 Å². The van der Waals surface area contributed by atoms with Crippen molar-refractivity contribution in [1.82, 2.24) is 0 Å². The molecule has 0 N–H and O–H groups in total. The summed E-state index contributed by atoms with van der Waals surface area (Å²) in [6, 6.07) is 4.80. The number of benzene rings is 1. The molecule has 0 saturated carbocycles. The molecule has 1 atom stereocenters. The monoisotopic (exact) mass is 208 g/mol. The van der Waals surface area contributed by atoms with Crippen LogP contribution in [0.5, 0.6) is 0 Å². The van der Waals surface area contributed by atoms with Crippen molar-refractivity contribution in [2.45, 2.75) is 11.8 Å². The summed E-state index contributed by atoms with van der Waals surface area (Å²) < 4.78 is 21.4. The molecule has 1 aromatic rings. The number of aryl methyl sites for hydroxylation is 1. The van der Waals surface area contributed by atoms with E-state index in [1.165, 1.54) is 12.1 Å². The van der Waals surface area contributed by atoms with Gasteiger partial charge in [0.15, 0.2) is 0 Å². The van der Waals surface area contributed by atoms with Crippen molar-refractivity contribution in [3.63, 3.8) is 0 Å². The van der Waals surface area contributed by atoms with Crippen LogP contribution in [0.4, 0.5) is 0 Å². The van der Waals surface area contributed by atoms with Crippen LogP contribution < -0.4 is 0 Å². The standard InChI is InChI=1S/C10H11NO2S/c1-7-4-5-9(14(12)13)6-10(7)8(2)11-3/h4-6H,2-3H2,1H3,(H,12,13)/p-1. The molecule has 1 rings (SSSR count). The second kappa shape index (κ2) is 4.30. The molecule has 0 fully saturated rings. The maximum absolute atomic E-state index is 10.7. The van der Waals surface area contributed by atoms with Gasteiger partial charge in [-0.05, 0) is 42.4 Å². The molecule has 0 aromatic heterocycles. The summed E-state index contributed by atoms with van der Waals surface area (Å²) in [5, 5.41) is 0. The van der Waals surface area contributed by atoms with Crippen LogP contribution in [0.25, 0.3) is 5.70 Å². The molecule has 4 heteroatoms. The number of aliphatic imine (C=N–C) groups is 1. The van der Waals surface area contributed by atoms with Crippen LogP contribution in [-0.2, 0) is 11.1 Å². The third-order valence-corrected chi connectivity index (χ3v) is 2.54. The summed E-state index contributed by atoms with van der Waals surface area (Å²) in [7, 11) is 0. The van der Waals surface area contributed by atoms with E-state index >= 15 is 0 Å². The van der Waals surface area contributed by atoms with E-state index in [0.717, 1.165) is 5.56 Å². The van der Waals surface area contributed by atoms with E-state index < -0.39 is 11.1 Å². The third-order valence-electron chi connectivity index (χ3n) is 1.90. The first-order valence-electron chi connectivity index (χ1n) is 3.92. The average Bonchev–Trinajstić information content (AvgIpc) is 2.17. The minimum absolute atomic E-state index is 0.232. The quantitative estimate of drug-likeness (QED) is 0.562. The van der Waals surface area contributed by atoms with Gasteiger partial charge in [-0.2, -0.15) is 0 Å². The summed E-state index contributed by atoms with van der Waals surface area (Å²) in [5.41, 5.74) is 2.12. The lowest BCUT2D eigenvalue weighted by Gasteiger charge is -2.09. The Labute approximate surface area is 85.5 Å². The van der Waals surface area contributed by atoms with Crippen molar-refractivity contribution in [2.75, 3.05) is 0 Å². The number of hydrogen-bond donors (Lipinski definition) is 0. The SMILES string of the molecule is C=NC(=C)c1cc(S(=O)[O-])ccc1C. The van der Waals surface area contributed by atoms with E-state index in [0.29, 0.717) is 11.3 Å². The fourth-order valence-corrected chi connectivity index (χ4v) is 1.49. The molecule has 0 aliphatic carbocycles. The molecule has 0 aliphatic rings. The van der Waals surface area contributed by atoms with Crippen molar-refractivity contribution in [3.8, 4) is 0 Å². The maximum atomic E-state index is 10.7. The van der Waals surface area contributed by atoms with Gasteiger partial charge in [-0.3, -0.25) is 9.20 Å². The Bertz CT molecular complexity index is 413. The van der Waals surface area contributed by atoms with Crippen molar-refractivity contribution in [2.24, 2.45) is 4.99 Å². The molecule has 0 radical (unpaired) electrons. The number of nitrogens with zero attached hydrogens (tertiary/aromatic N) is 1. The Morgan fingerprint density at radius 3 is 2.71 bits per heavy atom. The van der Waals surface area contributed by atoms with Crippen LogP contribution in [0.3, 0.4) is 0 Å². The molecule has 3 nitrogen and oxygen atoms in total. The third kappa shape index (κ3) is 2.16. The van der Waals surface area contributed by atoms with Gasteiger partial charge >= 0.3 is 0 Å². The molecule has 1 unspecified atom stereocenters. The van der Waals surface area contributed by atoms with Gasteiger partial charge in [0.05, 0.1) is 5.70 Å². The zero-order chi connectivity index (χ0) is 10.7. The lowest BCUT2D eigenvalue weighted by atomic mass is 10.1. The van der Waals surface area contributed by atoms with Crippen LogP contribution in [0, 0.1) is 6.92 Å². The summed E-state index contributed by atoms with van der Waals surface area (Å²) >= 11 is -2.22. The van der Waals surface area contributed by atoms with Gasteiger partial charge in [0.2, 0.25) is 0 Å². The molecule has 14 heavy (non-hydrogen) atoms. The van der Waals surface area contributed by atoms with E-state index in [1.807, 2.05) is 6.92 Å². The number of hydrogen-bond acceptors (Lipinski definition) is 3. The zero-order valence-corrected chi connectivity index (χ0v) is 8.63. The van der Waals surface area contributed by atoms with Crippen LogP contribution in [0.15, 0.2) is 34.7 Å². The summed E-state index contributed by atoms with van der Waals surface area (Å²) in [6.45, 7) is 8.89. The van der Waals surface area contributed by atoms with Crippen molar-refractivity contribution >= 4 is 23.5 Å². The molecule has 0 heterocycles. The van der Waals surface area contributed by atoms with Gasteiger partial charge in [-0.1, -0.05) is 12.6 Å². The first-order valence-corrected chi connectivity index (χ1v) is 4.99. The maximum Gasteiger partial charge on any atom is 0.0626 e. The second-order valence-electron chi connectivity index (χ2n) is 2.82. The van der Waals surface area contributed by atoms with Crippen molar-refractivity contribution in [3.05, 3.63) is 35.9 Å². The highest BCUT2D eigenvalue weighted by Gasteiger charge is 2.03. The predicted octanol–water partition coefficient (Wildman–Crippen LogP) is 1.90. The highest BCUT2D eigenvalue weighted by atomic mass is 32.2. The van der Waals surface area contributed by atoms with E-state index in [-0.39, 0.29) is 4.90 Å². The molecule has 0 amide bonds. The Kier molecular flexibility index (Phi) is 3.33. The van der Waals surface area contributed by atoms with Gasteiger partial charge in [-0.25, -0.2) is 0 Å². The smallest absolute Gasteiger partial charge is 0.0626 e. The second-order valence-corrected chi connectivity index (χ2v) is 3.76. The van der Waals surface area contributed by atoms with E-state index in [4.69, 9.17) is 0 Å². The van der Waals surface area contributed by atoms with Gasteiger partial charge in [-0.15, -0.1) is 0 Å². The highest BCUT2D eigenvalue weighted by molar-refractivity contribution is 7.79. The summed E-state index contributed by atoms with van der Waals surface area (Å²) in [4.78, 5) is 3.91. The normalized spacial score (nSPS) is 12.1. The summed E-state index contributed by atoms with van der Waals surface area (Å²) in [6.07, 6.45) is 0.